The highest BCUT2D eigenvalue weighted by molar-refractivity contribution is 5.63. The van der Waals surface area contributed by atoms with E-state index >= 15 is 0 Å². The quantitative estimate of drug-likeness (QED) is 0.681. The number of benzene rings is 1. The molecule has 4 nitrogen and oxygen atoms in total. The molecule has 0 aliphatic carbocycles. The highest BCUT2D eigenvalue weighted by atomic mass is 19.1. The van der Waals surface area contributed by atoms with Gasteiger partial charge in [-0.15, -0.1) is 5.10 Å². The molecule has 0 fully saturated rings. The van der Waals surface area contributed by atoms with Crippen molar-refractivity contribution < 1.29 is 8.78 Å². The molecule has 0 saturated heterocycles. The minimum absolute atomic E-state index is 0.421. The molecule has 1 N–H and O–H groups in total. The van der Waals surface area contributed by atoms with Crippen molar-refractivity contribution in [3.8, 4) is 11.3 Å². The number of nitrogens with one attached hydrogen (secondary N) is 1. The van der Waals surface area contributed by atoms with E-state index in [2.05, 4.69) is 15.2 Å². The Morgan fingerprint density at radius 1 is 1.06 bits per heavy atom. The molecule has 2 aromatic heterocycles. The number of H-pyrrole nitrogens is 1. The zero-order chi connectivity index (χ0) is 11.1. The lowest BCUT2D eigenvalue weighted by Gasteiger charge is -1.98. The number of aromatic amines is 1. The van der Waals surface area contributed by atoms with E-state index in [-0.39, 0.29) is 0 Å². The molecule has 3 aromatic rings. The Labute approximate surface area is 88.5 Å². The van der Waals surface area contributed by atoms with Gasteiger partial charge in [-0.2, -0.15) is 4.63 Å². The lowest BCUT2D eigenvalue weighted by molar-refractivity contribution is 0.584. The summed E-state index contributed by atoms with van der Waals surface area (Å²) in [5.74, 6) is -1.23. The average molecular weight is 220 g/mol. The van der Waals surface area contributed by atoms with Gasteiger partial charge < -0.3 is 0 Å². The molecule has 6 heteroatoms. The standard InChI is InChI=1S/C10H6F2N4/c11-7-1-6(2-8(12)3-7)9-4-10-13-5-14-16(10)15-9/h1-5,15H. The van der Waals surface area contributed by atoms with E-state index in [0.717, 1.165) is 6.07 Å². The number of fused-ring (bicyclic) bond motifs is 1. The number of hydrogen-bond donors (Lipinski definition) is 1. The van der Waals surface area contributed by atoms with Crippen LogP contribution in [0.3, 0.4) is 0 Å². The van der Waals surface area contributed by atoms with E-state index in [1.54, 1.807) is 6.07 Å². The summed E-state index contributed by atoms with van der Waals surface area (Å²) in [5, 5.41) is 6.73. The van der Waals surface area contributed by atoms with Gasteiger partial charge >= 0.3 is 0 Å². The maximum absolute atomic E-state index is 13.0. The molecular weight excluding hydrogens is 214 g/mol. The number of rotatable bonds is 1. The Kier molecular flexibility index (Phi) is 1.76. The first-order valence-electron chi connectivity index (χ1n) is 4.57. The van der Waals surface area contributed by atoms with Crippen molar-refractivity contribution in [3.63, 3.8) is 0 Å². The van der Waals surface area contributed by atoms with Gasteiger partial charge in [0.05, 0.1) is 5.69 Å². The van der Waals surface area contributed by atoms with Gasteiger partial charge in [0.1, 0.15) is 18.0 Å². The fraction of sp³-hybridized carbons (Fsp3) is 0. The molecular formula is C10H6F2N4. The van der Waals surface area contributed by atoms with Crippen molar-refractivity contribution in [2.45, 2.75) is 0 Å². The van der Waals surface area contributed by atoms with Crippen LogP contribution in [0.25, 0.3) is 16.9 Å². The SMILES string of the molecule is Fc1cc(F)cc(-c2cc3ncnn3[nH]2)c1. The van der Waals surface area contributed by atoms with Crippen LogP contribution >= 0.6 is 0 Å². The van der Waals surface area contributed by atoms with Crippen LogP contribution in [0.4, 0.5) is 8.78 Å². The van der Waals surface area contributed by atoms with E-state index in [1.165, 1.54) is 23.1 Å². The molecule has 0 spiro atoms. The van der Waals surface area contributed by atoms with Crippen LogP contribution in [0.2, 0.25) is 0 Å². The van der Waals surface area contributed by atoms with Gasteiger partial charge in [-0.3, -0.25) is 5.10 Å². The maximum Gasteiger partial charge on any atom is 0.175 e. The Morgan fingerprint density at radius 2 is 1.81 bits per heavy atom. The molecule has 0 saturated carbocycles. The molecule has 0 bridgehead atoms. The zero-order valence-corrected chi connectivity index (χ0v) is 7.98. The second kappa shape index (κ2) is 3.13. The third-order valence-corrected chi connectivity index (χ3v) is 2.25. The van der Waals surface area contributed by atoms with Crippen LogP contribution in [0.1, 0.15) is 0 Å². The molecule has 0 unspecified atom stereocenters. The van der Waals surface area contributed by atoms with Crippen molar-refractivity contribution in [1.82, 2.24) is 19.8 Å². The molecule has 0 atom stereocenters. The summed E-state index contributed by atoms with van der Waals surface area (Å²) in [7, 11) is 0. The molecule has 0 aliphatic rings. The van der Waals surface area contributed by atoms with Crippen LogP contribution in [0, 0.1) is 11.6 Å². The lowest BCUT2D eigenvalue weighted by atomic mass is 10.1. The summed E-state index contributed by atoms with van der Waals surface area (Å²) < 4.78 is 27.4. The Bertz CT molecular complexity index is 607. The highest BCUT2D eigenvalue weighted by Crippen LogP contribution is 2.20. The molecule has 0 aliphatic heterocycles. The first kappa shape index (κ1) is 9.02. The van der Waals surface area contributed by atoms with Crippen LogP contribution in [-0.4, -0.2) is 19.8 Å². The van der Waals surface area contributed by atoms with E-state index in [4.69, 9.17) is 0 Å². The fourth-order valence-electron chi connectivity index (χ4n) is 1.57. The molecule has 0 amide bonds. The Hall–Kier alpha value is -2.24. The van der Waals surface area contributed by atoms with E-state index in [1.807, 2.05) is 0 Å². The average Bonchev–Trinajstić information content (AvgIpc) is 2.74. The molecule has 1 aromatic carbocycles. The zero-order valence-electron chi connectivity index (χ0n) is 7.98. The summed E-state index contributed by atoms with van der Waals surface area (Å²) in [6, 6.07) is 4.99. The van der Waals surface area contributed by atoms with Gasteiger partial charge in [0.15, 0.2) is 5.65 Å². The largest absolute Gasteiger partial charge is 0.276 e. The third kappa shape index (κ3) is 1.35. The van der Waals surface area contributed by atoms with Gasteiger partial charge in [-0.05, 0) is 12.1 Å². The minimum Gasteiger partial charge on any atom is -0.276 e. The van der Waals surface area contributed by atoms with Gasteiger partial charge in [-0.1, -0.05) is 0 Å². The fourth-order valence-corrected chi connectivity index (χ4v) is 1.57. The number of halogens is 2. The normalized spacial score (nSPS) is 11.1. The summed E-state index contributed by atoms with van der Waals surface area (Å²) >= 11 is 0. The maximum atomic E-state index is 13.0. The second-order valence-corrected chi connectivity index (χ2v) is 3.36. The van der Waals surface area contributed by atoms with Crippen molar-refractivity contribution in [2.24, 2.45) is 0 Å². The third-order valence-electron chi connectivity index (χ3n) is 2.25. The van der Waals surface area contributed by atoms with Crippen LogP contribution in [0.15, 0.2) is 30.6 Å². The van der Waals surface area contributed by atoms with Crippen molar-refractivity contribution >= 4 is 5.65 Å². The van der Waals surface area contributed by atoms with E-state index in [0.29, 0.717) is 16.9 Å². The number of hydrogen-bond acceptors (Lipinski definition) is 2. The predicted molar refractivity (Wildman–Crippen MR) is 52.7 cm³/mol. The first-order valence-corrected chi connectivity index (χ1v) is 4.57. The number of nitrogens with zero attached hydrogens (tertiary/aromatic N) is 3. The summed E-state index contributed by atoms with van der Waals surface area (Å²) in [6.07, 6.45) is 1.39. The van der Waals surface area contributed by atoms with Crippen molar-refractivity contribution in [2.75, 3.05) is 0 Å². The van der Waals surface area contributed by atoms with E-state index < -0.39 is 11.6 Å². The summed E-state index contributed by atoms with van der Waals surface area (Å²) in [6.45, 7) is 0. The monoisotopic (exact) mass is 220 g/mol. The smallest absolute Gasteiger partial charge is 0.175 e. The molecule has 2 heterocycles. The highest BCUT2D eigenvalue weighted by Gasteiger charge is 2.07. The van der Waals surface area contributed by atoms with E-state index in [9.17, 15) is 8.78 Å². The topological polar surface area (TPSA) is 46.0 Å². The predicted octanol–water partition coefficient (Wildman–Crippen LogP) is 2.00. The lowest BCUT2D eigenvalue weighted by Crippen LogP contribution is -1.88. The van der Waals surface area contributed by atoms with Crippen LogP contribution in [-0.2, 0) is 0 Å². The number of aromatic nitrogens is 4. The Balaban J connectivity index is 2.18. The van der Waals surface area contributed by atoms with Gasteiger partial charge in [0.25, 0.3) is 0 Å². The molecule has 0 radical (unpaired) electrons. The van der Waals surface area contributed by atoms with Gasteiger partial charge in [-0.25, -0.2) is 13.8 Å². The summed E-state index contributed by atoms with van der Waals surface area (Å²) in [5.41, 5.74) is 1.58. The second-order valence-electron chi connectivity index (χ2n) is 3.36. The van der Waals surface area contributed by atoms with Crippen LogP contribution in [0.5, 0.6) is 0 Å². The van der Waals surface area contributed by atoms with Crippen LogP contribution < -0.4 is 0 Å². The van der Waals surface area contributed by atoms with Gasteiger partial charge in [0, 0.05) is 17.7 Å². The first-order chi connectivity index (χ1) is 7.72. The molecule has 3 rings (SSSR count). The van der Waals surface area contributed by atoms with Crippen molar-refractivity contribution in [3.05, 3.63) is 42.2 Å². The summed E-state index contributed by atoms with van der Waals surface area (Å²) in [4.78, 5) is 3.94. The van der Waals surface area contributed by atoms with Crippen molar-refractivity contribution in [1.29, 1.82) is 0 Å². The minimum atomic E-state index is -0.616. The molecule has 80 valence electrons. The Morgan fingerprint density at radius 3 is 2.50 bits per heavy atom. The molecule has 16 heavy (non-hydrogen) atoms. The van der Waals surface area contributed by atoms with Gasteiger partial charge in [0.2, 0.25) is 0 Å².